The fourth-order valence-electron chi connectivity index (χ4n) is 1.93. The molecule has 0 atom stereocenters. The fourth-order valence-corrected chi connectivity index (χ4v) is 2.15. The molecule has 0 saturated heterocycles. The summed E-state index contributed by atoms with van der Waals surface area (Å²) in [7, 11) is 0. The molecular weight excluding hydrogens is 348 g/mol. The monoisotopic (exact) mass is 360 g/mol. The molecule has 2 aromatic rings. The van der Waals surface area contributed by atoms with E-state index in [1.54, 1.807) is 6.92 Å². The van der Waals surface area contributed by atoms with Gasteiger partial charge in [-0.3, -0.25) is 0 Å². The second-order valence-electron chi connectivity index (χ2n) is 5.08. The number of urea groups is 1. The molecule has 2 N–H and O–H groups in total. The summed E-state index contributed by atoms with van der Waals surface area (Å²) < 4.78 is 51.7. The third-order valence-electron chi connectivity index (χ3n) is 3.22. The first-order chi connectivity index (χ1) is 11.2. The average molecular weight is 361 g/mol. The van der Waals surface area contributed by atoms with Gasteiger partial charge in [0.1, 0.15) is 5.82 Å². The van der Waals surface area contributed by atoms with Crippen LogP contribution in [0, 0.1) is 12.7 Å². The summed E-state index contributed by atoms with van der Waals surface area (Å²) in [4.78, 5) is 11.7. The molecule has 0 aliphatic heterocycles. The van der Waals surface area contributed by atoms with Crippen LogP contribution in [0.4, 0.5) is 28.0 Å². The van der Waals surface area contributed by atoms with Crippen molar-refractivity contribution < 1.29 is 22.4 Å². The van der Waals surface area contributed by atoms with Gasteiger partial charge < -0.3 is 10.6 Å². The van der Waals surface area contributed by atoms with Gasteiger partial charge in [-0.25, -0.2) is 9.18 Å². The first-order valence-electron chi connectivity index (χ1n) is 6.83. The van der Waals surface area contributed by atoms with E-state index in [-0.39, 0.29) is 17.8 Å². The van der Waals surface area contributed by atoms with E-state index in [9.17, 15) is 22.4 Å². The molecule has 0 heterocycles. The Morgan fingerprint density at radius 1 is 1.17 bits per heavy atom. The van der Waals surface area contributed by atoms with Crippen LogP contribution in [-0.4, -0.2) is 6.03 Å². The fraction of sp³-hybridized carbons (Fsp3) is 0.188. The third-order valence-corrected chi connectivity index (χ3v) is 3.55. The molecule has 0 fully saturated rings. The largest absolute Gasteiger partial charge is 0.417 e. The molecule has 0 aliphatic carbocycles. The van der Waals surface area contributed by atoms with Crippen LogP contribution >= 0.6 is 11.6 Å². The van der Waals surface area contributed by atoms with Crippen LogP contribution in [0.15, 0.2) is 36.4 Å². The number of alkyl halides is 3. The molecule has 0 aromatic heterocycles. The highest BCUT2D eigenvalue weighted by atomic mass is 35.5. The second-order valence-corrected chi connectivity index (χ2v) is 5.49. The molecule has 2 amide bonds. The van der Waals surface area contributed by atoms with Gasteiger partial charge in [-0.1, -0.05) is 23.7 Å². The topological polar surface area (TPSA) is 41.1 Å². The molecule has 0 unspecified atom stereocenters. The maximum atomic E-state index is 13.4. The van der Waals surface area contributed by atoms with E-state index in [2.05, 4.69) is 10.6 Å². The van der Waals surface area contributed by atoms with Crippen LogP contribution in [0.25, 0.3) is 0 Å². The zero-order chi connectivity index (χ0) is 17.9. The van der Waals surface area contributed by atoms with E-state index >= 15 is 0 Å². The van der Waals surface area contributed by atoms with Gasteiger partial charge >= 0.3 is 12.2 Å². The van der Waals surface area contributed by atoms with E-state index in [0.29, 0.717) is 5.56 Å². The molecule has 3 nitrogen and oxygen atoms in total. The van der Waals surface area contributed by atoms with Crippen LogP contribution in [0.2, 0.25) is 5.02 Å². The van der Waals surface area contributed by atoms with Crippen LogP contribution in [-0.2, 0) is 12.7 Å². The Hall–Kier alpha value is -2.28. The minimum atomic E-state index is -4.57. The molecule has 8 heteroatoms. The minimum Gasteiger partial charge on any atom is -0.334 e. The number of hydrogen-bond acceptors (Lipinski definition) is 1. The van der Waals surface area contributed by atoms with E-state index < -0.39 is 28.6 Å². The molecular formula is C16H13ClF4N2O. The van der Waals surface area contributed by atoms with Crippen molar-refractivity contribution in [2.45, 2.75) is 19.6 Å². The molecule has 2 rings (SSSR count). The predicted molar refractivity (Wildman–Crippen MR) is 83.4 cm³/mol. The van der Waals surface area contributed by atoms with Gasteiger partial charge in [-0.05, 0) is 42.3 Å². The average Bonchev–Trinajstić information content (AvgIpc) is 2.49. The van der Waals surface area contributed by atoms with Crippen molar-refractivity contribution in [1.29, 1.82) is 0 Å². The highest BCUT2D eigenvalue weighted by molar-refractivity contribution is 6.31. The van der Waals surface area contributed by atoms with Crippen molar-refractivity contribution in [3.63, 3.8) is 0 Å². The van der Waals surface area contributed by atoms with Gasteiger partial charge in [0.15, 0.2) is 0 Å². The zero-order valence-electron chi connectivity index (χ0n) is 12.5. The van der Waals surface area contributed by atoms with Crippen LogP contribution in [0.3, 0.4) is 0 Å². The predicted octanol–water partition coefficient (Wildman–Crippen LogP) is 5.13. The van der Waals surface area contributed by atoms with Crippen LogP contribution in [0.5, 0.6) is 0 Å². The van der Waals surface area contributed by atoms with Gasteiger partial charge in [-0.15, -0.1) is 0 Å². The summed E-state index contributed by atoms with van der Waals surface area (Å²) in [5, 5.41) is 4.38. The minimum absolute atomic E-state index is 0.138. The highest BCUT2D eigenvalue weighted by Gasteiger charge is 2.33. The Labute approximate surface area is 140 Å². The molecule has 0 saturated carbocycles. The summed E-state index contributed by atoms with van der Waals surface area (Å²) in [6.07, 6.45) is -4.57. The first kappa shape index (κ1) is 18.1. The highest BCUT2D eigenvalue weighted by Crippen LogP contribution is 2.35. The number of carbonyl (C=O) groups is 1. The van der Waals surface area contributed by atoms with E-state index in [1.165, 1.54) is 18.2 Å². The number of halogens is 5. The van der Waals surface area contributed by atoms with Crippen LogP contribution < -0.4 is 10.6 Å². The van der Waals surface area contributed by atoms with Crippen molar-refractivity contribution >= 4 is 23.3 Å². The molecule has 24 heavy (non-hydrogen) atoms. The number of rotatable bonds is 3. The van der Waals surface area contributed by atoms with E-state index in [0.717, 1.165) is 18.2 Å². The number of benzene rings is 2. The van der Waals surface area contributed by atoms with Crippen molar-refractivity contribution in [1.82, 2.24) is 5.32 Å². The standard InChI is InChI=1S/C16H13ClF4N2O/c1-9-2-4-11(7-14(9)18)23-15(24)22-8-10-3-5-13(17)12(6-10)16(19,20)21/h2-7H,8H2,1H3,(H2,22,23,24). The Kier molecular flexibility index (Phi) is 5.33. The molecule has 0 spiro atoms. The summed E-state index contributed by atoms with van der Waals surface area (Å²) in [6.45, 7) is 1.44. The molecule has 2 aromatic carbocycles. The first-order valence-corrected chi connectivity index (χ1v) is 7.21. The number of anilines is 1. The maximum absolute atomic E-state index is 13.4. The van der Waals surface area contributed by atoms with Crippen molar-refractivity contribution in [3.8, 4) is 0 Å². The lowest BCUT2D eigenvalue weighted by atomic mass is 10.1. The van der Waals surface area contributed by atoms with Gasteiger partial charge in [0.2, 0.25) is 0 Å². The number of carbonyl (C=O) groups excluding carboxylic acids is 1. The summed E-state index contributed by atoms with van der Waals surface area (Å²) in [5.74, 6) is -0.472. The number of aryl methyl sites for hydroxylation is 1. The Balaban J connectivity index is 2.00. The van der Waals surface area contributed by atoms with Crippen molar-refractivity contribution in [2.75, 3.05) is 5.32 Å². The lowest BCUT2D eigenvalue weighted by molar-refractivity contribution is -0.137. The maximum Gasteiger partial charge on any atom is 0.417 e. The second kappa shape index (κ2) is 7.09. The number of amides is 2. The molecule has 0 bridgehead atoms. The SMILES string of the molecule is Cc1ccc(NC(=O)NCc2ccc(Cl)c(C(F)(F)F)c2)cc1F. The van der Waals surface area contributed by atoms with Gasteiger partial charge in [0, 0.05) is 12.2 Å². The van der Waals surface area contributed by atoms with E-state index in [4.69, 9.17) is 11.6 Å². The smallest absolute Gasteiger partial charge is 0.334 e. The van der Waals surface area contributed by atoms with Crippen molar-refractivity contribution in [3.05, 3.63) is 63.9 Å². The summed E-state index contributed by atoms with van der Waals surface area (Å²) >= 11 is 5.52. The van der Waals surface area contributed by atoms with Crippen molar-refractivity contribution in [2.24, 2.45) is 0 Å². The zero-order valence-corrected chi connectivity index (χ0v) is 13.2. The van der Waals surface area contributed by atoms with E-state index in [1.807, 2.05) is 0 Å². The quantitative estimate of drug-likeness (QED) is 0.732. The third kappa shape index (κ3) is 4.61. The van der Waals surface area contributed by atoms with Gasteiger partial charge in [0.05, 0.1) is 10.6 Å². The Morgan fingerprint density at radius 2 is 1.88 bits per heavy atom. The van der Waals surface area contributed by atoms with Gasteiger partial charge in [0.25, 0.3) is 0 Å². The summed E-state index contributed by atoms with van der Waals surface area (Å²) in [6, 6.07) is 6.87. The Bertz CT molecular complexity index is 762. The molecule has 0 radical (unpaired) electrons. The summed E-state index contributed by atoms with van der Waals surface area (Å²) in [5.41, 5.74) is -0.0640. The molecule has 0 aliphatic rings. The lowest BCUT2D eigenvalue weighted by Crippen LogP contribution is -2.28. The normalized spacial score (nSPS) is 11.2. The number of hydrogen-bond donors (Lipinski definition) is 2. The molecule has 128 valence electrons. The lowest BCUT2D eigenvalue weighted by Gasteiger charge is -2.12. The number of nitrogens with one attached hydrogen (secondary N) is 2. The van der Waals surface area contributed by atoms with Gasteiger partial charge in [-0.2, -0.15) is 13.2 Å². The Morgan fingerprint density at radius 3 is 2.50 bits per heavy atom. The van der Waals surface area contributed by atoms with Crippen LogP contribution in [0.1, 0.15) is 16.7 Å².